The van der Waals surface area contributed by atoms with Crippen molar-refractivity contribution in [2.24, 2.45) is 5.92 Å². The Bertz CT molecular complexity index is 3190. The Kier molecular flexibility index (Phi) is 15.5. The van der Waals surface area contributed by atoms with Gasteiger partial charge in [-0.15, -0.1) is 22.7 Å². The van der Waals surface area contributed by atoms with Gasteiger partial charge in [0.15, 0.2) is 5.78 Å². The van der Waals surface area contributed by atoms with Crippen LogP contribution in [-0.2, 0) is 33.1 Å². The summed E-state index contributed by atoms with van der Waals surface area (Å²) in [6.07, 6.45) is 2.11. The van der Waals surface area contributed by atoms with Gasteiger partial charge in [-0.05, 0) is 111 Å². The molecule has 4 aromatic carbocycles. The second-order valence-electron chi connectivity index (χ2n) is 16.2. The van der Waals surface area contributed by atoms with Crippen LogP contribution in [-0.4, -0.2) is 78.8 Å². The molecule has 20 heteroatoms. The Hall–Kier alpha value is -5.44. The molecule has 2 aliphatic heterocycles. The van der Waals surface area contributed by atoms with Crippen molar-refractivity contribution in [2.75, 3.05) is 26.2 Å². The second kappa shape index (κ2) is 21.5. The summed E-state index contributed by atoms with van der Waals surface area (Å²) in [7, 11) is -7.29. The standard InChI is InChI=1S/C24H23ClN4O4S2.C24H23ClN2O4S2/c25-17-7-5-16(6-8-17)23(30)26-15-19-9-10-22(34-19)35(32,33)28-13-11-18(12-14-28)29-21-4-2-1-3-20(21)27-24(29)31;25-20-8-6-19(7-9-20)24(29)26-16-21-10-11-22(32-21)33(30,31)27-14-12-18(13-15-27)23(28)17-4-2-1-3-5-17/h1-10,18H,11-15H2,(H,26,30)(H,27,31);1-11,18H,12-16H2,(H,26,29). The van der Waals surface area contributed by atoms with E-state index in [1.807, 2.05) is 42.5 Å². The summed E-state index contributed by atoms with van der Waals surface area (Å²) in [4.78, 5) is 54.1. The topological polar surface area (TPSA) is 188 Å². The molecule has 0 atom stereocenters. The van der Waals surface area contributed by atoms with E-state index in [9.17, 15) is 36.0 Å². The fourth-order valence-electron chi connectivity index (χ4n) is 8.15. The number of nitrogens with one attached hydrogen (secondary N) is 3. The highest BCUT2D eigenvalue weighted by atomic mass is 35.5. The molecule has 0 bridgehead atoms. The minimum atomic E-state index is -3.65. The van der Waals surface area contributed by atoms with E-state index in [0.717, 1.165) is 43.5 Å². The molecule has 2 fully saturated rings. The number of H-pyrrole nitrogens is 1. The molecule has 68 heavy (non-hydrogen) atoms. The summed E-state index contributed by atoms with van der Waals surface area (Å²) >= 11 is 14.0. The number of aromatic amines is 1. The lowest BCUT2D eigenvalue weighted by atomic mass is 9.90. The summed E-state index contributed by atoms with van der Waals surface area (Å²) in [5.74, 6) is -0.605. The van der Waals surface area contributed by atoms with Gasteiger partial charge in [0.25, 0.3) is 31.9 Å². The molecule has 2 saturated heterocycles. The van der Waals surface area contributed by atoms with Crippen LogP contribution in [0.15, 0.2) is 141 Å². The average molecular weight is 1030 g/mol. The van der Waals surface area contributed by atoms with Gasteiger partial charge in [-0.25, -0.2) is 21.6 Å². The first-order chi connectivity index (χ1) is 32.7. The van der Waals surface area contributed by atoms with Crippen LogP contribution in [0.4, 0.5) is 0 Å². The van der Waals surface area contributed by atoms with Crippen LogP contribution in [0.1, 0.15) is 72.6 Å². The smallest absolute Gasteiger partial charge is 0.326 e. The zero-order valence-corrected chi connectivity index (χ0v) is 41.1. The lowest BCUT2D eigenvalue weighted by Crippen LogP contribution is -2.40. The molecule has 3 aromatic heterocycles. The van der Waals surface area contributed by atoms with Crippen molar-refractivity contribution >= 4 is 94.6 Å². The maximum Gasteiger partial charge on any atom is 0.326 e. The Labute approximate surface area is 411 Å². The average Bonchev–Trinajstić information content (AvgIpc) is 4.13. The minimum Gasteiger partial charge on any atom is -0.347 e. The molecule has 2 amide bonds. The molecule has 5 heterocycles. The minimum absolute atomic E-state index is 0.0629. The number of nitrogens with zero attached hydrogens (tertiary/aromatic N) is 3. The van der Waals surface area contributed by atoms with Crippen LogP contribution in [0.5, 0.6) is 0 Å². The molecule has 9 rings (SSSR count). The molecule has 0 aliphatic carbocycles. The van der Waals surface area contributed by atoms with E-state index >= 15 is 0 Å². The maximum absolute atomic E-state index is 13.2. The highest BCUT2D eigenvalue weighted by molar-refractivity contribution is 7.91. The lowest BCUT2D eigenvalue weighted by molar-refractivity contribution is 0.0874. The van der Waals surface area contributed by atoms with Gasteiger partial charge in [-0.2, -0.15) is 8.61 Å². The van der Waals surface area contributed by atoms with Crippen LogP contribution in [0.3, 0.4) is 0 Å². The van der Waals surface area contributed by atoms with E-state index < -0.39 is 20.0 Å². The molecule has 0 spiro atoms. The monoisotopic (exact) mass is 1030 g/mol. The largest absolute Gasteiger partial charge is 0.347 e. The molecule has 7 aromatic rings. The number of aromatic nitrogens is 2. The number of imidazole rings is 1. The second-order valence-corrected chi connectivity index (χ2v) is 23.7. The van der Waals surface area contributed by atoms with Crippen molar-refractivity contribution in [3.8, 4) is 0 Å². The number of carbonyl (C=O) groups is 3. The third-order valence-corrected chi connectivity index (χ3v) is 19.2. The number of Topliss-reactive ketones (excluding diaryl/α,β-unsaturated/α-hetero) is 1. The summed E-state index contributed by atoms with van der Waals surface area (Å²) in [5, 5.41) is 6.70. The number of rotatable bonds is 13. The Morgan fingerprint density at radius 2 is 1.03 bits per heavy atom. The number of fused-ring (bicyclic) bond motifs is 1. The molecular weight excluding hydrogens is 988 g/mol. The van der Waals surface area contributed by atoms with E-state index in [2.05, 4.69) is 15.6 Å². The molecule has 2 aliphatic rings. The van der Waals surface area contributed by atoms with Gasteiger partial charge in [0, 0.05) is 74.6 Å². The van der Waals surface area contributed by atoms with Gasteiger partial charge in [-0.1, -0.05) is 65.7 Å². The Morgan fingerprint density at radius 3 is 1.53 bits per heavy atom. The van der Waals surface area contributed by atoms with Crippen LogP contribution in [0, 0.1) is 5.92 Å². The lowest BCUT2D eigenvalue weighted by Gasteiger charge is -2.31. The number of thiophene rings is 2. The van der Waals surface area contributed by atoms with E-state index in [0.29, 0.717) is 78.6 Å². The SMILES string of the molecule is O=C(NCc1ccc(S(=O)(=O)N2CCC(C(=O)c3ccccc3)CC2)s1)c1ccc(Cl)cc1.O=C(NCc1ccc(S(=O)(=O)N2CCC(n3c(=O)[nH]c4ccccc43)CC2)s1)c1ccc(Cl)cc1. The van der Waals surface area contributed by atoms with Crippen molar-refractivity contribution in [2.45, 2.75) is 53.2 Å². The van der Waals surface area contributed by atoms with Crippen molar-refractivity contribution in [3.63, 3.8) is 0 Å². The number of benzene rings is 4. The van der Waals surface area contributed by atoms with Gasteiger partial charge in [-0.3, -0.25) is 19.0 Å². The number of carbonyl (C=O) groups excluding carboxylic acids is 3. The van der Waals surface area contributed by atoms with Crippen LogP contribution in [0.25, 0.3) is 11.0 Å². The predicted molar refractivity (Wildman–Crippen MR) is 266 cm³/mol. The zero-order chi connectivity index (χ0) is 48.0. The third-order valence-electron chi connectivity index (χ3n) is 11.8. The highest BCUT2D eigenvalue weighted by Crippen LogP contribution is 2.32. The normalized spacial score (nSPS) is 15.4. The van der Waals surface area contributed by atoms with E-state index in [-0.39, 0.29) is 56.8 Å². The van der Waals surface area contributed by atoms with E-state index in [4.69, 9.17) is 23.2 Å². The molecule has 0 unspecified atom stereocenters. The van der Waals surface area contributed by atoms with Crippen molar-refractivity contribution in [1.82, 2.24) is 28.8 Å². The maximum atomic E-state index is 13.2. The quantitative estimate of drug-likeness (QED) is 0.0958. The van der Waals surface area contributed by atoms with Crippen molar-refractivity contribution in [1.29, 1.82) is 0 Å². The predicted octanol–water partition coefficient (Wildman–Crippen LogP) is 8.62. The highest BCUT2D eigenvalue weighted by Gasteiger charge is 2.34. The third kappa shape index (κ3) is 11.4. The van der Waals surface area contributed by atoms with Gasteiger partial charge in [0.05, 0.1) is 24.1 Å². The molecule has 3 N–H and O–H groups in total. The van der Waals surface area contributed by atoms with Crippen LogP contribution in [0.2, 0.25) is 10.0 Å². The number of hydrogen-bond donors (Lipinski definition) is 3. The zero-order valence-electron chi connectivity index (χ0n) is 36.3. The van der Waals surface area contributed by atoms with Gasteiger partial charge in [0.2, 0.25) is 0 Å². The van der Waals surface area contributed by atoms with Crippen molar-refractivity contribution in [3.05, 3.63) is 174 Å². The first-order valence-corrected chi connectivity index (χ1v) is 27.0. The first kappa shape index (κ1) is 49.0. The number of para-hydroxylation sites is 2. The van der Waals surface area contributed by atoms with E-state index in [1.165, 1.54) is 8.61 Å². The summed E-state index contributed by atoms with van der Waals surface area (Å²) < 4.78 is 57.8. The molecule has 0 saturated carbocycles. The van der Waals surface area contributed by atoms with Gasteiger partial charge >= 0.3 is 5.69 Å². The molecular formula is C48H46Cl2N6O8S4. The number of halogens is 2. The molecule has 354 valence electrons. The number of ketones is 1. The molecule has 14 nitrogen and oxygen atoms in total. The Balaban J connectivity index is 0.000000184. The summed E-state index contributed by atoms with van der Waals surface area (Å²) in [5.41, 5.74) is 3.08. The number of sulfonamides is 2. The number of piperidine rings is 2. The summed E-state index contributed by atoms with van der Waals surface area (Å²) in [6, 6.07) is 36.3. The summed E-state index contributed by atoms with van der Waals surface area (Å²) in [6.45, 7) is 1.75. The van der Waals surface area contributed by atoms with E-state index in [1.54, 1.807) is 89.5 Å². The van der Waals surface area contributed by atoms with Crippen LogP contribution >= 0.6 is 45.9 Å². The van der Waals surface area contributed by atoms with Crippen molar-refractivity contribution < 1.29 is 31.2 Å². The van der Waals surface area contributed by atoms with Crippen LogP contribution < -0.4 is 16.3 Å². The Morgan fingerprint density at radius 1 is 0.574 bits per heavy atom. The fourth-order valence-corrected chi connectivity index (χ4v) is 14.2. The fraction of sp³-hybridized carbons (Fsp3) is 0.250. The molecule has 0 radical (unpaired) electrons. The number of amides is 2. The number of hydrogen-bond acceptors (Lipinski definition) is 10. The van der Waals surface area contributed by atoms with Gasteiger partial charge < -0.3 is 15.6 Å². The van der Waals surface area contributed by atoms with Gasteiger partial charge in [0.1, 0.15) is 8.42 Å². The first-order valence-electron chi connectivity index (χ1n) is 21.7.